The van der Waals surface area contributed by atoms with Crippen molar-refractivity contribution in [3.63, 3.8) is 0 Å². The molecular formula is C14H18N2O4S. The summed E-state index contributed by atoms with van der Waals surface area (Å²) < 4.78 is 10.6. The number of carboxylic acids is 1. The molecule has 1 N–H and O–H groups in total. The fraction of sp³-hybridized carbons (Fsp3) is 0.643. The van der Waals surface area contributed by atoms with Crippen molar-refractivity contribution in [3.05, 3.63) is 17.1 Å². The SMILES string of the molecule is Cc1nc(C2CC2)nc(SCC2CCOCO2)c1C(=O)O. The third-order valence-electron chi connectivity index (χ3n) is 3.61. The first kappa shape index (κ1) is 14.7. The van der Waals surface area contributed by atoms with E-state index in [1.54, 1.807) is 6.92 Å². The Morgan fingerprint density at radius 2 is 2.19 bits per heavy atom. The lowest BCUT2D eigenvalue weighted by molar-refractivity contribution is -0.130. The summed E-state index contributed by atoms with van der Waals surface area (Å²) in [5.41, 5.74) is 0.770. The van der Waals surface area contributed by atoms with Gasteiger partial charge in [0, 0.05) is 11.7 Å². The molecule has 0 amide bonds. The lowest BCUT2D eigenvalue weighted by atomic mass is 10.2. The molecule has 21 heavy (non-hydrogen) atoms. The van der Waals surface area contributed by atoms with Gasteiger partial charge in [0.2, 0.25) is 0 Å². The van der Waals surface area contributed by atoms with E-state index in [0.29, 0.717) is 35.8 Å². The highest BCUT2D eigenvalue weighted by atomic mass is 32.2. The second-order valence-electron chi connectivity index (χ2n) is 5.34. The highest BCUT2D eigenvalue weighted by Crippen LogP contribution is 2.39. The fourth-order valence-electron chi connectivity index (χ4n) is 2.25. The van der Waals surface area contributed by atoms with Crippen LogP contribution in [-0.2, 0) is 9.47 Å². The summed E-state index contributed by atoms with van der Waals surface area (Å²) in [4.78, 5) is 20.3. The molecule has 0 bridgehead atoms. The van der Waals surface area contributed by atoms with Gasteiger partial charge in [-0.25, -0.2) is 14.8 Å². The van der Waals surface area contributed by atoms with Crippen LogP contribution in [0, 0.1) is 6.92 Å². The second-order valence-corrected chi connectivity index (χ2v) is 6.35. The number of carbonyl (C=O) groups is 1. The number of carboxylic acid groups (broad SMARTS) is 1. The zero-order valence-corrected chi connectivity index (χ0v) is 12.7. The lowest BCUT2D eigenvalue weighted by Crippen LogP contribution is -2.25. The number of thioether (sulfide) groups is 1. The van der Waals surface area contributed by atoms with Gasteiger partial charge < -0.3 is 14.6 Å². The van der Waals surface area contributed by atoms with E-state index in [4.69, 9.17) is 9.47 Å². The molecule has 1 saturated carbocycles. The molecule has 6 nitrogen and oxygen atoms in total. The number of rotatable bonds is 5. The van der Waals surface area contributed by atoms with Crippen LogP contribution in [0.4, 0.5) is 0 Å². The van der Waals surface area contributed by atoms with E-state index < -0.39 is 5.97 Å². The van der Waals surface area contributed by atoms with Gasteiger partial charge in [-0.1, -0.05) is 0 Å². The van der Waals surface area contributed by atoms with Crippen LogP contribution in [0.25, 0.3) is 0 Å². The predicted octanol–water partition coefficient (Wildman–Crippen LogP) is 2.22. The van der Waals surface area contributed by atoms with Gasteiger partial charge in [-0.3, -0.25) is 0 Å². The first-order valence-corrected chi connectivity index (χ1v) is 8.07. The zero-order chi connectivity index (χ0) is 14.8. The minimum absolute atomic E-state index is 0.0880. The first-order valence-electron chi connectivity index (χ1n) is 7.09. The smallest absolute Gasteiger partial charge is 0.340 e. The maximum Gasteiger partial charge on any atom is 0.340 e. The fourth-order valence-corrected chi connectivity index (χ4v) is 3.39. The molecular weight excluding hydrogens is 292 g/mol. The van der Waals surface area contributed by atoms with Crippen molar-refractivity contribution in [2.75, 3.05) is 19.2 Å². The van der Waals surface area contributed by atoms with E-state index in [0.717, 1.165) is 25.1 Å². The van der Waals surface area contributed by atoms with Crippen molar-refractivity contribution in [3.8, 4) is 0 Å². The molecule has 1 unspecified atom stereocenters. The number of aromatic nitrogens is 2. The van der Waals surface area contributed by atoms with Crippen LogP contribution in [0.3, 0.4) is 0 Å². The number of aryl methyl sites for hydroxylation is 1. The molecule has 2 fully saturated rings. The molecule has 1 aliphatic heterocycles. The Balaban J connectivity index is 1.78. The van der Waals surface area contributed by atoms with Crippen molar-refractivity contribution in [1.82, 2.24) is 9.97 Å². The molecule has 7 heteroatoms. The van der Waals surface area contributed by atoms with Crippen LogP contribution in [0.2, 0.25) is 0 Å². The van der Waals surface area contributed by atoms with Crippen LogP contribution in [0.15, 0.2) is 5.03 Å². The van der Waals surface area contributed by atoms with Crippen LogP contribution >= 0.6 is 11.8 Å². The van der Waals surface area contributed by atoms with E-state index in [9.17, 15) is 9.90 Å². The maximum atomic E-state index is 11.4. The van der Waals surface area contributed by atoms with E-state index in [-0.39, 0.29) is 11.7 Å². The van der Waals surface area contributed by atoms with Gasteiger partial charge in [0.05, 0.1) is 18.4 Å². The molecule has 0 radical (unpaired) electrons. The van der Waals surface area contributed by atoms with Gasteiger partial charge in [-0.2, -0.15) is 0 Å². The predicted molar refractivity (Wildman–Crippen MR) is 76.7 cm³/mol. The third kappa shape index (κ3) is 3.53. The Labute approximate surface area is 127 Å². The number of hydrogen-bond donors (Lipinski definition) is 1. The molecule has 0 aromatic carbocycles. The zero-order valence-electron chi connectivity index (χ0n) is 11.9. The number of ether oxygens (including phenoxy) is 2. The Morgan fingerprint density at radius 3 is 2.81 bits per heavy atom. The second kappa shape index (κ2) is 6.29. The summed E-state index contributed by atoms with van der Waals surface area (Å²) in [6.07, 6.45) is 3.11. The van der Waals surface area contributed by atoms with E-state index >= 15 is 0 Å². The van der Waals surface area contributed by atoms with Gasteiger partial charge >= 0.3 is 5.97 Å². The standard InChI is InChI=1S/C14H18N2O4S/c1-8-11(14(17)18)13(16-12(15-8)9-2-3-9)21-6-10-4-5-19-7-20-10/h9-10H,2-7H2,1H3,(H,17,18). The van der Waals surface area contributed by atoms with Crippen molar-refractivity contribution in [2.45, 2.75) is 43.2 Å². The quantitative estimate of drug-likeness (QED) is 0.659. The average molecular weight is 310 g/mol. The van der Waals surface area contributed by atoms with Crippen LogP contribution in [0.1, 0.15) is 47.1 Å². The molecule has 0 spiro atoms. The third-order valence-corrected chi connectivity index (χ3v) is 4.71. The Hall–Kier alpha value is -1.18. The average Bonchev–Trinajstić information content (AvgIpc) is 3.29. The maximum absolute atomic E-state index is 11.4. The lowest BCUT2D eigenvalue weighted by Gasteiger charge is -2.22. The summed E-state index contributed by atoms with van der Waals surface area (Å²) in [5, 5.41) is 9.95. The monoisotopic (exact) mass is 310 g/mol. The summed E-state index contributed by atoms with van der Waals surface area (Å²) in [5.74, 6) is 0.910. The Bertz CT molecular complexity index is 542. The number of hydrogen-bond acceptors (Lipinski definition) is 6. The van der Waals surface area contributed by atoms with Crippen LogP contribution < -0.4 is 0 Å². The van der Waals surface area contributed by atoms with Crippen molar-refractivity contribution < 1.29 is 19.4 Å². The van der Waals surface area contributed by atoms with Gasteiger partial charge in [0.1, 0.15) is 23.2 Å². The molecule has 2 heterocycles. The summed E-state index contributed by atoms with van der Waals surface area (Å²) in [6.45, 7) is 2.74. The molecule has 1 saturated heterocycles. The topological polar surface area (TPSA) is 81.5 Å². The highest BCUT2D eigenvalue weighted by molar-refractivity contribution is 7.99. The molecule has 3 rings (SSSR count). The first-order chi connectivity index (χ1) is 10.1. The Morgan fingerprint density at radius 1 is 1.38 bits per heavy atom. The van der Waals surface area contributed by atoms with Crippen molar-refractivity contribution in [2.24, 2.45) is 0 Å². The van der Waals surface area contributed by atoms with E-state index in [2.05, 4.69) is 9.97 Å². The molecule has 1 atom stereocenters. The van der Waals surface area contributed by atoms with Crippen molar-refractivity contribution >= 4 is 17.7 Å². The minimum atomic E-state index is -0.967. The molecule has 114 valence electrons. The van der Waals surface area contributed by atoms with Crippen LogP contribution in [0.5, 0.6) is 0 Å². The molecule has 1 aliphatic carbocycles. The normalized spacial score (nSPS) is 22.2. The van der Waals surface area contributed by atoms with Crippen molar-refractivity contribution in [1.29, 1.82) is 0 Å². The van der Waals surface area contributed by atoms with Crippen LogP contribution in [-0.4, -0.2) is 46.3 Å². The molecule has 1 aromatic heterocycles. The number of aromatic carboxylic acids is 1. The number of nitrogens with zero attached hydrogens (tertiary/aromatic N) is 2. The molecule has 2 aliphatic rings. The summed E-state index contributed by atoms with van der Waals surface area (Å²) >= 11 is 1.44. The van der Waals surface area contributed by atoms with Gasteiger partial charge in [0.15, 0.2) is 0 Å². The van der Waals surface area contributed by atoms with Gasteiger partial charge in [0.25, 0.3) is 0 Å². The van der Waals surface area contributed by atoms with Gasteiger partial charge in [-0.05, 0) is 26.2 Å². The largest absolute Gasteiger partial charge is 0.478 e. The van der Waals surface area contributed by atoms with E-state index in [1.165, 1.54) is 11.8 Å². The minimum Gasteiger partial charge on any atom is -0.478 e. The highest BCUT2D eigenvalue weighted by Gasteiger charge is 2.29. The molecule has 1 aromatic rings. The van der Waals surface area contributed by atoms with Gasteiger partial charge in [-0.15, -0.1) is 11.8 Å². The van der Waals surface area contributed by atoms with E-state index in [1.807, 2.05) is 0 Å². The Kier molecular flexibility index (Phi) is 4.42. The summed E-state index contributed by atoms with van der Waals surface area (Å²) in [7, 11) is 0. The summed E-state index contributed by atoms with van der Waals surface area (Å²) in [6, 6.07) is 0.